The molecule has 5 rings (SSSR count). The first-order chi connectivity index (χ1) is 13.2. The minimum absolute atomic E-state index is 0.256. The molecule has 134 valence electrons. The van der Waals surface area contributed by atoms with E-state index in [2.05, 4.69) is 50.0 Å². The number of nitrogens with zero attached hydrogens (tertiary/aromatic N) is 4. The van der Waals surface area contributed by atoms with Gasteiger partial charge in [0.05, 0.1) is 16.6 Å². The molecule has 1 aliphatic rings. The van der Waals surface area contributed by atoms with Crippen molar-refractivity contribution < 1.29 is 0 Å². The lowest BCUT2D eigenvalue weighted by atomic mass is 9.97. The second-order valence-corrected chi connectivity index (χ2v) is 6.95. The van der Waals surface area contributed by atoms with E-state index in [4.69, 9.17) is 5.73 Å². The monoisotopic (exact) mass is 356 g/mol. The van der Waals surface area contributed by atoms with Gasteiger partial charge in [0.2, 0.25) is 0 Å². The van der Waals surface area contributed by atoms with Crippen molar-refractivity contribution in [3.8, 4) is 11.1 Å². The van der Waals surface area contributed by atoms with Crippen LogP contribution in [0.15, 0.2) is 48.9 Å². The molecule has 0 saturated carbocycles. The van der Waals surface area contributed by atoms with E-state index in [1.807, 2.05) is 31.4 Å². The van der Waals surface area contributed by atoms with Crippen LogP contribution in [0.3, 0.4) is 0 Å². The topological polar surface area (TPSA) is 81.7 Å². The van der Waals surface area contributed by atoms with E-state index in [0.717, 1.165) is 45.3 Å². The zero-order chi connectivity index (χ0) is 18.5. The number of hydrogen-bond donors (Lipinski definition) is 2. The van der Waals surface area contributed by atoms with Crippen LogP contribution in [0.5, 0.6) is 0 Å². The molecule has 0 radical (unpaired) electrons. The highest BCUT2D eigenvalue weighted by atomic mass is 15.1. The van der Waals surface area contributed by atoms with Crippen molar-refractivity contribution in [3.63, 3.8) is 0 Å². The lowest BCUT2D eigenvalue weighted by Gasteiger charge is -2.23. The molecule has 6 heteroatoms. The minimum atomic E-state index is 0.256. The highest BCUT2D eigenvalue weighted by Crippen LogP contribution is 2.41. The summed E-state index contributed by atoms with van der Waals surface area (Å²) in [5, 5.41) is 5.34. The standard InChI is InChI=1S/C21H20N6/c1-12-7-15(23-2)10-27-19(12)17(18-20(22)25-11-26-21(18)27)14-8-13-5-3-4-6-16(13)24-9-14/h3-9,11,15,23H,10H2,1-2H3,(H2,22,25,26)/t15-/m1/s1. The third-order valence-corrected chi connectivity index (χ3v) is 5.32. The Morgan fingerprint density at radius 3 is 2.89 bits per heavy atom. The number of allylic oxidation sites excluding steroid dienone is 1. The van der Waals surface area contributed by atoms with Crippen molar-refractivity contribution in [2.45, 2.75) is 19.5 Å². The van der Waals surface area contributed by atoms with Crippen LogP contribution < -0.4 is 11.1 Å². The summed E-state index contributed by atoms with van der Waals surface area (Å²) in [5.41, 5.74) is 12.6. The highest BCUT2D eigenvalue weighted by molar-refractivity contribution is 6.06. The predicted molar refractivity (Wildman–Crippen MR) is 109 cm³/mol. The van der Waals surface area contributed by atoms with Gasteiger partial charge in [0.25, 0.3) is 0 Å². The molecule has 4 aromatic rings. The van der Waals surface area contributed by atoms with Crippen molar-refractivity contribution >= 4 is 33.3 Å². The number of para-hydroxylation sites is 1. The number of anilines is 1. The SMILES string of the molecule is CN[C@@H]1C=C(C)c2c(-c3cnc4ccccc4c3)c3c(N)ncnc3n2C1. The molecule has 3 N–H and O–H groups in total. The molecule has 1 aromatic carbocycles. The molecule has 27 heavy (non-hydrogen) atoms. The van der Waals surface area contributed by atoms with Crippen molar-refractivity contribution in [2.75, 3.05) is 12.8 Å². The average Bonchev–Trinajstić information content (AvgIpc) is 3.04. The number of benzene rings is 1. The summed E-state index contributed by atoms with van der Waals surface area (Å²) in [5.74, 6) is 0.499. The van der Waals surface area contributed by atoms with Gasteiger partial charge in [-0.2, -0.15) is 0 Å². The highest BCUT2D eigenvalue weighted by Gasteiger charge is 2.27. The number of fused-ring (bicyclic) bond motifs is 4. The predicted octanol–water partition coefficient (Wildman–Crippen LogP) is 3.23. The van der Waals surface area contributed by atoms with E-state index in [1.54, 1.807) is 0 Å². The Balaban J connectivity index is 1.87. The van der Waals surface area contributed by atoms with Crippen LogP contribution in [0.1, 0.15) is 12.6 Å². The maximum absolute atomic E-state index is 6.31. The number of nitrogen functional groups attached to an aromatic ring is 1. The Morgan fingerprint density at radius 1 is 1.19 bits per heavy atom. The van der Waals surface area contributed by atoms with Crippen LogP contribution in [0.2, 0.25) is 0 Å². The van der Waals surface area contributed by atoms with E-state index < -0.39 is 0 Å². The second kappa shape index (κ2) is 5.89. The summed E-state index contributed by atoms with van der Waals surface area (Å²) in [6.45, 7) is 2.94. The van der Waals surface area contributed by atoms with Crippen LogP contribution in [0.4, 0.5) is 5.82 Å². The number of aromatic nitrogens is 4. The van der Waals surface area contributed by atoms with Crippen molar-refractivity contribution in [2.24, 2.45) is 0 Å². The molecule has 0 bridgehead atoms. The fraction of sp³-hybridized carbons (Fsp3) is 0.190. The Labute approximate surface area is 156 Å². The van der Waals surface area contributed by atoms with Crippen LogP contribution >= 0.6 is 0 Å². The van der Waals surface area contributed by atoms with E-state index in [9.17, 15) is 0 Å². The maximum Gasteiger partial charge on any atom is 0.146 e. The fourth-order valence-electron chi connectivity index (χ4n) is 4.07. The quantitative estimate of drug-likeness (QED) is 0.576. The molecule has 0 amide bonds. The maximum atomic E-state index is 6.31. The summed E-state index contributed by atoms with van der Waals surface area (Å²) in [7, 11) is 1.97. The average molecular weight is 356 g/mol. The molecule has 0 fully saturated rings. The third kappa shape index (κ3) is 2.34. The molecule has 0 unspecified atom stereocenters. The molecule has 1 atom stereocenters. The van der Waals surface area contributed by atoms with Gasteiger partial charge in [-0.3, -0.25) is 4.98 Å². The van der Waals surface area contributed by atoms with Gasteiger partial charge >= 0.3 is 0 Å². The number of rotatable bonds is 2. The Morgan fingerprint density at radius 2 is 2.04 bits per heavy atom. The Hall–Kier alpha value is -3.25. The first kappa shape index (κ1) is 16.0. The van der Waals surface area contributed by atoms with E-state index >= 15 is 0 Å². The summed E-state index contributed by atoms with van der Waals surface area (Å²) < 4.78 is 2.24. The van der Waals surface area contributed by atoms with Crippen molar-refractivity contribution in [3.05, 3.63) is 54.6 Å². The van der Waals surface area contributed by atoms with Crippen LogP contribution in [-0.2, 0) is 6.54 Å². The van der Waals surface area contributed by atoms with Gasteiger partial charge in [-0.05, 0) is 31.7 Å². The number of hydrogen-bond acceptors (Lipinski definition) is 5. The summed E-state index contributed by atoms with van der Waals surface area (Å²) >= 11 is 0. The first-order valence-electron chi connectivity index (χ1n) is 9.01. The normalized spacial score (nSPS) is 16.5. The largest absolute Gasteiger partial charge is 0.383 e. The van der Waals surface area contributed by atoms with Crippen molar-refractivity contribution in [1.29, 1.82) is 0 Å². The summed E-state index contributed by atoms with van der Waals surface area (Å²) in [4.78, 5) is 13.5. The first-order valence-corrected chi connectivity index (χ1v) is 9.01. The Kier molecular flexibility index (Phi) is 3.48. The molecule has 0 aliphatic carbocycles. The lowest BCUT2D eigenvalue weighted by molar-refractivity contribution is 0.551. The Bertz CT molecular complexity index is 1220. The molecular formula is C21H20N6. The zero-order valence-corrected chi connectivity index (χ0v) is 15.3. The number of pyridine rings is 1. The molecule has 4 heterocycles. The van der Waals surface area contributed by atoms with Gasteiger partial charge in [0, 0.05) is 35.3 Å². The van der Waals surface area contributed by atoms with Crippen LogP contribution in [0, 0.1) is 0 Å². The van der Waals surface area contributed by atoms with Crippen LogP contribution in [0.25, 0.3) is 38.6 Å². The van der Waals surface area contributed by atoms with Gasteiger partial charge in [-0.25, -0.2) is 9.97 Å². The molecule has 0 spiro atoms. The second-order valence-electron chi connectivity index (χ2n) is 6.95. The van der Waals surface area contributed by atoms with Crippen LogP contribution in [-0.4, -0.2) is 32.6 Å². The summed E-state index contributed by atoms with van der Waals surface area (Å²) in [6.07, 6.45) is 5.72. The van der Waals surface area contributed by atoms with E-state index in [-0.39, 0.29) is 6.04 Å². The fourth-order valence-corrected chi connectivity index (χ4v) is 4.07. The van der Waals surface area contributed by atoms with Gasteiger partial charge in [-0.15, -0.1) is 0 Å². The van der Waals surface area contributed by atoms with Gasteiger partial charge in [-0.1, -0.05) is 24.3 Å². The van der Waals surface area contributed by atoms with Gasteiger partial charge in [0.1, 0.15) is 17.8 Å². The van der Waals surface area contributed by atoms with E-state index in [0.29, 0.717) is 5.82 Å². The molecule has 0 saturated heterocycles. The van der Waals surface area contributed by atoms with Crippen molar-refractivity contribution in [1.82, 2.24) is 24.8 Å². The zero-order valence-electron chi connectivity index (χ0n) is 15.3. The number of likely N-dealkylation sites (N-methyl/N-ethyl adjacent to an activating group) is 1. The lowest BCUT2D eigenvalue weighted by Crippen LogP contribution is -2.31. The molecule has 6 nitrogen and oxygen atoms in total. The van der Waals surface area contributed by atoms with Gasteiger partial charge in [0.15, 0.2) is 0 Å². The van der Waals surface area contributed by atoms with Gasteiger partial charge < -0.3 is 15.6 Å². The molecular weight excluding hydrogens is 336 g/mol. The molecule has 3 aromatic heterocycles. The molecule has 1 aliphatic heterocycles. The van der Waals surface area contributed by atoms with E-state index in [1.165, 1.54) is 11.9 Å². The smallest absolute Gasteiger partial charge is 0.146 e. The number of nitrogens with one attached hydrogen (secondary N) is 1. The summed E-state index contributed by atoms with van der Waals surface area (Å²) in [6, 6.07) is 10.6. The minimum Gasteiger partial charge on any atom is -0.383 e. The third-order valence-electron chi connectivity index (χ3n) is 5.32. The number of nitrogens with two attached hydrogens (primary N) is 1.